The van der Waals surface area contributed by atoms with Crippen LogP contribution in [0.3, 0.4) is 0 Å². The number of amides is 1. The van der Waals surface area contributed by atoms with Crippen molar-refractivity contribution < 1.29 is 4.79 Å². The minimum atomic E-state index is -0.177. The van der Waals surface area contributed by atoms with Crippen molar-refractivity contribution in [2.24, 2.45) is 0 Å². The Morgan fingerprint density at radius 2 is 1.72 bits per heavy atom. The van der Waals surface area contributed by atoms with Crippen LogP contribution in [0, 0.1) is 0 Å². The number of nitrogens with zero attached hydrogens (tertiary/aromatic N) is 3. The molecule has 5 nitrogen and oxygen atoms in total. The van der Waals surface area contributed by atoms with Gasteiger partial charge in [0.15, 0.2) is 0 Å². The maximum Gasteiger partial charge on any atom is 0.234 e. The molecule has 3 rings (SSSR count). The second-order valence-corrected chi connectivity index (χ2v) is 6.86. The predicted octanol–water partition coefficient (Wildman–Crippen LogP) is 4.58. The first-order chi connectivity index (χ1) is 12.1. The molecule has 0 aliphatic heterocycles. The molecule has 0 unspecified atom stereocenters. The molecule has 0 spiro atoms. The largest absolute Gasteiger partial charge is 0.325 e. The number of pyridine rings is 1. The van der Waals surface area contributed by atoms with E-state index in [9.17, 15) is 4.79 Å². The van der Waals surface area contributed by atoms with Crippen LogP contribution < -0.4 is 5.32 Å². The Kier molecular flexibility index (Phi) is 5.86. The van der Waals surface area contributed by atoms with Gasteiger partial charge in [-0.25, -0.2) is 0 Å². The van der Waals surface area contributed by atoms with Crippen LogP contribution >= 0.6 is 35.0 Å². The zero-order valence-corrected chi connectivity index (χ0v) is 15.1. The number of carbonyl (C=O) groups is 1. The van der Waals surface area contributed by atoms with Gasteiger partial charge in [-0.1, -0.05) is 35.0 Å². The lowest BCUT2D eigenvalue weighted by atomic mass is 10.2. The molecule has 0 radical (unpaired) electrons. The molecule has 1 N–H and O–H groups in total. The minimum Gasteiger partial charge on any atom is -0.325 e. The quantitative estimate of drug-likeness (QED) is 0.645. The Bertz CT molecular complexity index is 855. The first-order valence-electron chi connectivity index (χ1n) is 7.23. The number of aromatic nitrogens is 3. The third kappa shape index (κ3) is 5.16. The van der Waals surface area contributed by atoms with Gasteiger partial charge in [-0.05, 0) is 42.5 Å². The number of hydrogen-bond acceptors (Lipinski definition) is 5. The van der Waals surface area contributed by atoms with E-state index in [0.29, 0.717) is 20.8 Å². The molecule has 0 aliphatic carbocycles. The van der Waals surface area contributed by atoms with Crippen molar-refractivity contribution in [3.63, 3.8) is 0 Å². The van der Waals surface area contributed by atoms with Crippen molar-refractivity contribution in [3.8, 4) is 11.3 Å². The maximum atomic E-state index is 12.0. The summed E-state index contributed by atoms with van der Waals surface area (Å²) in [5.74, 6) is 0.0243. The monoisotopic (exact) mass is 390 g/mol. The summed E-state index contributed by atoms with van der Waals surface area (Å²) in [6.07, 6.45) is 3.40. The van der Waals surface area contributed by atoms with Crippen LogP contribution in [-0.2, 0) is 4.79 Å². The minimum absolute atomic E-state index is 0.177. The highest BCUT2D eigenvalue weighted by Crippen LogP contribution is 2.23. The first kappa shape index (κ1) is 17.7. The number of anilines is 1. The van der Waals surface area contributed by atoms with Crippen molar-refractivity contribution in [2.75, 3.05) is 11.1 Å². The van der Waals surface area contributed by atoms with Crippen molar-refractivity contribution in [3.05, 3.63) is 64.9 Å². The van der Waals surface area contributed by atoms with Crippen molar-refractivity contribution >= 4 is 46.6 Å². The highest BCUT2D eigenvalue weighted by molar-refractivity contribution is 7.99. The molecule has 0 aliphatic rings. The standard InChI is InChI=1S/C17H12Cl2N4OS/c18-12-7-13(19)9-14(8-12)21-16(24)10-25-17-2-1-15(22-23-17)11-3-5-20-6-4-11/h1-9H,10H2,(H,21,24). The number of halogens is 2. The van der Waals surface area contributed by atoms with Gasteiger partial charge < -0.3 is 5.32 Å². The fourth-order valence-electron chi connectivity index (χ4n) is 2.04. The molecule has 0 bridgehead atoms. The summed E-state index contributed by atoms with van der Waals surface area (Å²) in [7, 11) is 0. The third-order valence-electron chi connectivity index (χ3n) is 3.11. The molecular weight excluding hydrogens is 379 g/mol. The second kappa shape index (κ2) is 8.29. The fraction of sp³-hybridized carbons (Fsp3) is 0.0588. The molecule has 0 saturated heterocycles. The Morgan fingerprint density at radius 3 is 2.36 bits per heavy atom. The molecule has 0 atom stereocenters. The van der Waals surface area contributed by atoms with Crippen LogP contribution in [0.4, 0.5) is 5.69 Å². The molecular formula is C17H12Cl2N4OS. The van der Waals surface area contributed by atoms with Gasteiger partial charge in [0.2, 0.25) is 5.91 Å². The Morgan fingerprint density at radius 1 is 1.00 bits per heavy atom. The smallest absolute Gasteiger partial charge is 0.234 e. The molecule has 126 valence electrons. The Labute approximate surface area is 158 Å². The van der Waals surface area contributed by atoms with E-state index in [-0.39, 0.29) is 11.7 Å². The Balaban J connectivity index is 1.57. The number of nitrogens with one attached hydrogen (secondary N) is 1. The summed E-state index contributed by atoms with van der Waals surface area (Å²) in [5.41, 5.74) is 2.25. The van der Waals surface area contributed by atoms with Gasteiger partial charge >= 0.3 is 0 Å². The highest BCUT2D eigenvalue weighted by atomic mass is 35.5. The summed E-state index contributed by atoms with van der Waals surface area (Å²) in [6, 6.07) is 12.3. The van der Waals surface area contributed by atoms with Gasteiger partial charge in [-0.3, -0.25) is 9.78 Å². The average molecular weight is 391 g/mol. The second-order valence-electron chi connectivity index (χ2n) is 4.99. The molecule has 1 amide bonds. The maximum absolute atomic E-state index is 12.0. The van der Waals surface area contributed by atoms with E-state index in [1.54, 1.807) is 30.6 Å². The van der Waals surface area contributed by atoms with Gasteiger partial charge in [-0.15, -0.1) is 10.2 Å². The lowest BCUT2D eigenvalue weighted by Crippen LogP contribution is -2.14. The summed E-state index contributed by atoms with van der Waals surface area (Å²) < 4.78 is 0. The van der Waals surface area contributed by atoms with E-state index in [1.807, 2.05) is 24.3 Å². The summed E-state index contributed by atoms with van der Waals surface area (Å²) in [5, 5.41) is 12.6. The fourth-order valence-corrected chi connectivity index (χ4v) is 3.18. The zero-order valence-electron chi connectivity index (χ0n) is 12.8. The van der Waals surface area contributed by atoms with E-state index < -0.39 is 0 Å². The van der Waals surface area contributed by atoms with Gasteiger partial charge in [0.05, 0.1) is 11.4 Å². The molecule has 0 fully saturated rings. The highest BCUT2D eigenvalue weighted by Gasteiger charge is 2.07. The number of thioether (sulfide) groups is 1. The van der Waals surface area contributed by atoms with Crippen LogP contribution in [0.1, 0.15) is 0 Å². The Hall–Kier alpha value is -2.15. The number of benzene rings is 1. The number of carbonyl (C=O) groups excluding carboxylic acids is 1. The van der Waals surface area contributed by atoms with Gasteiger partial charge in [-0.2, -0.15) is 0 Å². The van der Waals surface area contributed by atoms with Crippen LogP contribution in [0.5, 0.6) is 0 Å². The van der Waals surface area contributed by atoms with Gasteiger partial charge in [0.25, 0.3) is 0 Å². The molecule has 2 heterocycles. The van der Waals surface area contributed by atoms with E-state index in [0.717, 1.165) is 11.3 Å². The molecule has 0 saturated carbocycles. The predicted molar refractivity (Wildman–Crippen MR) is 101 cm³/mol. The number of rotatable bonds is 5. The summed E-state index contributed by atoms with van der Waals surface area (Å²) >= 11 is 13.1. The summed E-state index contributed by atoms with van der Waals surface area (Å²) in [4.78, 5) is 16.0. The molecule has 8 heteroatoms. The first-order valence-corrected chi connectivity index (χ1v) is 8.97. The van der Waals surface area contributed by atoms with E-state index >= 15 is 0 Å². The van der Waals surface area contributed by atoms with Crippen LogP contribution in [0.25, 0.3) is 11.3 Å². The SMILES string of the molecule is O=C(CSc1ccc(-c2ccncc2)nn1)Nc1cc(Cl)cc(Cl)c1. The van der Waals surface area contributed by atoms with E-state index in [4.69, 9.17) is 23.2 Å². The van der Waals surface area contributed by atoms with Crippen molar-refractivity contribution in [1.82, 2.24) is 15.2 Å². The zero-order chi connectivity index (χ0) is 17.6. The third-order valence-corrected chi connectivity index (χ3v) is 4.47. The molecule has 3 aromatic rings. The van der Waals surface area contributed by atoms with Crippen LogP contribution in [0.2, 0.25) is 10.0 Å². The average Bonchev–Trinajstić information content (AvgIpc) is 2.60. The van der Waals surface area contributed by atoms with E-state index in [2.05, 4.69) is 20.5 Å². The summed E-state index contributed by atoms with van der Waals surface area (Å²) in [6.45, 7) is 0. The van der Waals surface area contributed by atoms with Crippen molar-refractivity contribution in [1.29, 1.82) is 0 Å². The normalized spacial score (nSPS) is 10.5. The van der Waals surface area contributed by atoms with Crippen LogP contribution in [-0.4, -0.2) is 26.8 Å². The van der Waals surface area contributed by atoms with Gasteiger partial charge in [0, 0.05) is 33.7 Å². The molecule has 2 aromatic heterocycles. The molecule has 1 aromatic carbocycles. The van der Waals surface area contributed by atoms with Crippen LogP contribution in [0.15, 0.2) is 59.9 Å². The lowest BCUT2D eigenvalue weighted by Gasteiger charge is -2.06. The number of hydrogen-bond donors (Lipinski definition) is 1. The van der Waals surface area contributed by atoms with Crippen molar-refractivity contribution in [2.45, 2.75) is 5.03 Å². The molecule has 25 heavy (non-hydrogen) atoms. The van der Waals surface area contributed by atoms with E-state index in [1.165, 1.54) is 11.8 Å². The lowest BCUT2D eigenvalue weighted by molar-refractivity contribution is -0.113. The van der Waals surface area contributed by atoms with Gasteiger partial charge in [0.1, 0.15) is 5.03 Å². The topological polar surface area (TPSA) is 67.8 Å².